The van der Waals surface area contributed by atoms with Crippen LogP contribution in [0.3, 0.4) is 0 Å². The Balaban J connectivity index is 2.26. The maximum Gasteiger partial charge on any atom is 0.128 e. The molecule has 20 heavy (non-hydrogen) atoms. The van der Waals surface area contributed by atoms with Gasteiger partial charge in [0.15, 0.2) is 0 Å². The number of benzene rings is 2. The van der Waals surface area contributed by atoms with Gasteiger partial charge < -0.3 is 10.6 Å². The number of hydrogen-bond donors (Lipinski definition) is 1. The fourth-order valence-corrected chi connectivity index (χ4v) is 2.34. The summed E-state index contributed by atoms with van der Waals surface area (Å²) in [6.45, 7) is 2.60. The lowest BCUT2D eigenvalue weighted by molar-refractivity contribution is 0.607. The van der Waals surface area contributed by atoms with Crippen LogP contribution in [-0.2, 0) is 6.54 Å². The first-order valence-electron chi connectivity index (χ1n) is 6.92. The number of nitrogens with two attached hydrogens (primary N) is 1. The Labute approximate surface area is 120 Å². The fraction of sp³-hybridized carbons (Fsp3) is 0.294. The standard InChI is InChI=1S/C17H21FN2/c1-3-16(19)14-9-5-7-11-17(14)20(2)12-13-8-4-6-10-15(13)18/h4-11,16H,3,12,19H2,1-2H3. The summed E-state index contributed by atoms with van der Waals surface area (Å²) in [5.41, 5.74) is 9.01. The van der Waals surface area contributed by atoms with Gasteiger partial charge in [-0.3, -0.25) is 0 Å². The summed E-state index contributed by atoms with van der Waals surface area (Å²) in [4.78, 5) is 2.04. The summed E-state index contributed by atoms with van der Waals surface area (Å²) in [5, 5.41) is 0. The van der Waals surface area contributed by atoms with Crippen LogP contribution in [0.4, 0.5) is 10.1 Å². The minimum atomic E-state index is -0.170. The van der Waals surface area contributed by atoms with Gasteiger partial charge in [-0.15, -0.1) is 0 Å². The molecule has 0 saturated carbocycles. The van der Waals surface area contributed by atoms with Crippen LogP contribution in [0.5, 0.6) is 0 Å². The van der Waals surface area contributed by atoms with E-state index in [1.807, 2.05) is 48.3 Å². The van der Waals surface area contributed by atoms with Crippen LogP contribution in [0, 0.1) is 5.82 Å². The number of halogens is 1. The number of hydrogen-bond acceptors (Lipinski definition) is 2. The summed E-state index contributed by atoms with van der Waals surface area (Å²) in [7, 11) is 1.97. The smallest absolute Gasteiger partial charge is 0.128 e. The van der Waals surface area contributed by atoms with Gasteiger partial charge in [0.1, 0.15) is 5.82 Å². The molecule has 2 nitrogen and oxygen atoms in total. The van der Waals surface area contributed by atoms with Crippen molar-refractivity contribution in [2.75, 3.05) is 11.9 Å². The van der Waals surface area contributed by atoms with Gasteiger partial charge in [0, 0.05) is 30.9 Å². The molecule has 1 atom stereocenters. The maximum absolute atomic E-state index is 13.7. The van der Waals surface area contributed by atoms with E-state index < -0.39 is 0 Å². The van der Waals surface area contributed by atoms with Crippen molar-refractivity contribution in [3.63, 3.8) is 0 Å². The quantitative estimate of drug-likeness (QED) is 0.895. The first kappa shape index (κ1) is 14.5. The highest BCUT2D eigenvalue weighted by Crippen LogP contribution is 2.27. The van der Waals surface area contributed by atoms with Crippen molar-refractivity contribution in [2.24, 2.45) is 5.73 Å². The molecule has 0 saturated heterocycles. The van der Waals surface area contributed by atoms with E-state index >= 15 is 0 Å². The molecule has 0 radical (unpaired) electrons. The van der Waals surface area contributed by atoms with Gasteiger partial charge in [0.2, 0.25) is 0 Å². The number of nitrogens with zero attached hydrogens (tertiary/aromatic N) is 1. The second kappa shape index (κ2) is 6.53. The summed E-state index contributed by atoms with van der Waals surface area (Å²) in [5.74, 6) is -0.170. The second-order valence-electron chi connectivity index (χ2n) is 5.02. The van der Waals surface area contributed by atoms with Gasteiger partial charge in [-0.05, 0) is 24.1 Å². The third-order valence-electron chi connectivity index (χ3n) is 3.55. The zero-order valence-corrected chi connectivity index (χ0v) is 12.0. The summed E-state index contributed by atoms with van der Waals surface area (Å²) in [6.07, 6.45) is 0.880. The maximum atomic E-state index is 13.7. The zero-order chi connectivity index (χ0) is 14.5. The number of anilines is 1. The zero-order valence-electron chi connectivity index (χ0n) is 12.0. The lowest BCUT2D eigenvalue weighted by Gasteiger charge is -2.25. The van der Waals surface area contributed by atoms with E-state index in [1.54, 1.807) is 6.07 Å². The second-order valence-corrected chi connectivity index (χ2v) is 5.02. The van der Waals surface area contributed by atoms with Gasteiger partial charge >= 0.3 is 0 Å². The lowest BCUT2D eigenvalue weighted by atomic mass is 10.0. The Bertz CT molecular complexity index is 568. The third-order valence-corrected chi connectivity index (χ3v) is 3.55. The molecule has 2 aromatic rings. The first-order chi connectivity index (χ1) is 9.63. The van der Waals surface area contributed by atoms with Crippen LogP contribution < -0.4 is 10.6 Å². The summed E-state index contributed by atoms with van der Waals surface area (Å²) in [6, 6.07) is 14.9. The molecule has 2 aromatic carbocycles. The van der Waals surface area contributed by atoms with Crippen molar-refractivity contribution in [1.29, 1.82) is 0 Å². The van der Waals surface area contributed by atoms with E-state index in [-0.39, 0.29) is 11.9 Å². The molecule has 0 aliphatic rings. The van der Waals surface area contributed by atoms with Crippen molar-refractivity contribution in [2.45, 2.75) is 25.9 Å². The molecular formula is C17H21FN2. The number of para-hydroxylation sites is 1. The molecule has 0 aromatic heterocycles. The highest BCUT2D eigenvalue weighted by Gasteiger charge is 2.13. The van der Waals surface area contributed by atoms with E-state index in [0.717, 1.165) is 17.7 Å². The first-order valence-corrected chi connectivity index (χ1v) is 6.92. The average Bonchev–Trinajstić information content (AvgIpc) is 2.48. The van der Waals surface area contributed by atoms with Gasteiger partial charge in [0.25, 0.3) is 0 Å². The molecule has 0 bridgehead atoms. The van der Waals surface area contributed by atoms with Crippen LogP contribution in [0.15, 0.2) is 48.5 Å². The molecule has 2 N–H and O–H groups in total. The van der Waals surface area contributed by atoms with Crippen molar-refractivity contribution < 1.29 is 4.39 Å². The summed E-state index contributed by atoms with van der Waals surface area (Å²) >= 11 is 0. The largest absolute Gasteiger partial charge is 0.370 e. The van der Waals surface area contributed by atoms with E-state index in [0.29, 0.717) is 12.1 Å². The Morgan fingerprint density at radius 2 is 1.75 bits per heavy atom. The van der Waals surface area contributed by atoms with Crippen LogP contribution >= 0.6 is 0 Å². The summed E-state index contributed by atoms with van der Waals surface area (Å²) < 4.78 is 13.7. The molecule has 0 amide bonds. The normalized spacial score (nSPS) is 12.2. The van der Waals surface area contributed by atoms with Crippen LogP contribution in [0.1, 0.15) is 30.5 Å². The Kier molecular flexibility index (Phi) is 4.74. The fourth-order valence-electron chi connectivity index (χ4n) is 2.34. The number of rotatable bonds is 5. The molecule has 0 heterocycles. The van der Waals surface area contributed by atoms with Crippen molar-refractivity contribution in [1.82, 2.24) is 0 Å². The lowest BCUT2D eigenvalue weighted by Crippen LogP contribution is -2.21. The molecule has 0 aliphatic carbocycles. The van der Waals surface area contributed by atoms with Crippen LogP contribution in [0.2, 0.25) is 0 Å². The molecule has 1 unspecified atom stereocenters. The third kappa shape index (κ3) is 3.17. The minimum absolute atomic E-state index is 0.00858. The predicted octanol–water partition coefficient (Wildman–Crippen LogP) is 3.87. The SMILES string of the molecule is CCC(N)c1ccccc1N(C)Cc1ccccc1F. The van der Waals surface area contributed by atoms with E-state index in [9.17, 15) is 4.39 Å². The highest BCUT2D eigenvalue weighted by atomic mass is 19.1. The van der Waals surface area contributed by atoms with Crippen molar-refractivity contribution in [3.05, 3.63) is 65.5 Å². The molecular weight excluding hydrogens is 251 g/mol. The van der Waals surface area contributed by atoms with E-state index in [1.165, 1.54) is 6.07 Å². The predicted molar refractivity (Wildman–Crippen MR) is 82.2 cm³/mol. The van der Waals surface area contributed by atoms with E-state index in [4.69, 9.17) is 5.73 Å². The van der Waals surface area contributed by atoms with Crippen molar-refractivity contribution in [3.8, 4) is 0 Å². The monoisotopic (exact) mass is 272 g/mol. The van der Waals surface area contributed by atoms with Crippen LogP contribution in [-0.4, -0.2) is 7.05 Å². The van der Waals surface area contributed by atoms with Crippen molar-refractivity contribution >= 4 is 5.69 Å². The molecule has 0 spiro atoms. The van der Waals surface area contributed by atoms with Gasteiger partial charge in [-0.2, -0.15) is 0 Å². The Hall–Kier alpha value is -1.87. The molecule has 0 fully saturated rings. The van der Waals surface area contributed by atoms with Crippen LogP contribution in [0.25, 0.3) is 0 Å². The highest BCUT2D eigenvalue weighted by molar-refractivity contribution is 5.54. The molecule has 3 heteroatoms. The Morgan fingerprint density at radius 3 is 2.45 bits per heavy atom. The van der Waals surface area contributed by atoms with Gasteiger partial charge in [0.05, 0.1) is 0 Å². The average molecular weight is 272 g/mol. The minimum Gasteiger partial charge on any atom is -0.370 e. The van der Waals surface area contributed by atoms with Gasteiger partial charge in [-0.25, -0.2) is 4.39 Å². The van der Waals surface area contributed by atoms with Gasteiger partial charge in [-0.1, -0.05) is 43.3 Å². The molecule has 0 aliphatic heterocycles. The topological polar surface area (TPSA) is 29.3 Å². The van der Waals surface area contributed by atoms with E-state index in [2.05, 4.69) is 6.92 Å². The molecule has 2 rings (SSSR count). The Morgan fingerprint density at radius 1 is 1.10 bits per heavy atom. The molecule has 106 valence electrons.